The molecule has 0 aliphatic carbocycles. The van der Waals surface area contributed by atoms with Gasteiger partial charge in [-0.25, -0.2) is 9.78 Å². The molecule has 1 heterocycles. The molecule has 2 aromatic rings. The van der Waals surface area contributed by atoms with Gasteiger partial charge in [0.1, 0.15) is 12.4 Å². The lowest BCUT2D eigenvalue weighted by atomic mass is 9.93. The van der Waals surface area contributed by atoms with Gasteiger partial charge >= 0.3 is 6.09 Å². The number of hydrogen-bond donors (Lipinski definition) is 2. The van der Waals surface area contributed by atoms with E-state index in [4.69, 9.17) is 20.9 Å². The van der Waals surface area contributed by atoms with Crippen LogP contribution in [0.3, 0.4) is 0 Å². The summed E-state index contributed by atoms with van der Waals surface area (Å²) in [6.07, 6.45) is 1.57. The Bertz CT molecular complexity index is 835. The average Bonchev–Trinajstić information content (AvgIpc) is 2.58. The van der Waals surface area contributed by atoms with Crippen molar-refractivity contribution in [3.63, 3.8) is 0 Å². The predicted octanol–water partition coefficient (Wildman–Crippen LogP) is 3.41. The summed E-state index contributed by atoms with van der Waals surface area (Å²) in [6, 6.07) is 9.51. The van der Waals surface area contributed by atoms with Crippen molar-refractivity contribution in [3.05, 3.63) is 42.1 Å². The molecule has 0 saturated carbocycles. The first kappa shape index (κ1) is 22.6. The minimum atomic E-state index is -0.891. The van der Waals surface area contributed by atoms with E-state index in [0.29, 0.717) is 19.1 Å². The van der Waals surface area contributed by atoms with Crippen molar-refractivity contribution in [1.82, 2.24) is 9.88 Å². The number of carbonyl (C=O) groups is 1. The van der Waals surface area contributed by atoms with Crippen LogP contribution in [0, 0.1) is 5.92 Å². The summed E-state index contributed by atoms with van der Waals surface area (Å²) in [7, 11) is 4.01. The first-order valence-electron chi connectivity index (χ1n) is 9.69. The first-order valence-corrected chi connectivity index (χ1v) is 9.69. The number of ether oxygens (including phenoxy) is 2. The van der Waals surface area contributed by atoms with Crippen LogP contribution in [-0.2, 0) is 6.54 Å². The number of nitrogens with zero attached hydrogens (tertiary/aromatic N) is 2. The van der Waals surface area contributed by atoms with Crippen LogP contribution >= 0.6 is 0 Å². The van der Waals surface area contributed by atoms with Crippen molar-refractivity contribution >= 4 is 6.09 Å². The van der Waals surface area contributed by atoms with E-state index in [-0.39, 0.29) is 5.88 Å². The van der Waals surface area contributed by atoms with E-state index in [1.165, 1.54) is 0 Å². The van der Waals surface area contributed by atoms with E-state index < -0.39 is 11.6 Å². The summed E-state index contributed by atoms with van der Waals surface area (Å²) in [5, 5.41) is 0. The van der Waals surface area contributed by atoms with E-state index in [0.717, 1.165) is 28.9 Å². The van der Waals surface area contributed by atoms with Gasteiger partial charge in [0, 0.05) is 29.9 Å². The molecule has 1 amide bonds. The highest BCUT2D eigenvalue weighted by Crippen LogP contribution is 2.29. The maximum atomic E-state index is 11.0. The summed E-state index contributed by atoms with van der Waals surface area (Å²) in [4.78, 5) is 17.1. The third kappa shape index (κ3) is 7.36. The van der Waals surface area contributed by atoms with E-state index >= 15 is 0 Å². The van der Waals surface area contributed by atoms with Gasteiger partial charge in [-0.3, -0.25) is 0 Å². The van der Waals surface area contributed by atoms with Crippen molar-refractivity contribution in [2.45, 2.75) is 39.3 Å². The maximum Gasteiger partial charge on any atom is 0.411 e. The van der Waals surface area contributed by atoms with Crippen LogP contribution in [-0.4, -0.2) is 42.2 Å². The highest BCUT2D eigenvalue weighted by Gasteiger charge is 2.22. The first-order chi connectivity index (χ1) is 13.6. The third-order valence-corrected chi connectivity index (χ3v) is 4.25. The van der Waals surface area contributed by atoms with Crippen LogP contribution in [0.5, 0.6) is 11.6 Å². The van der Waals surface area contributed by atoms with Crippen molar-refractivity contribution < 1.29 is 14.3 Å². The molecule has 1 atom stereocenters. The monoisotopic (exact) mass is 400 g/mol. The number of carbonyl (C=O) groups excluding carboxylic acids is 1. The molecule has 0 aliphatic heterocycles. The second kappa shape index (κ2) is 9.71. The second-order valence-corrected chi connectivity index (χ2v) is 8.40. The summed E-state index contributed by atoms with van der Waals surface area (Å²) in [6.45, 7) is 7.48. The molecule has 1 aromatic carbocycles. The van der Waals surface area contributed by atoms with E-state index in [9.17, 15) is 4.79 Å². The fraction of sp³-hybridized carbons (Fsp3) is 0.455. The van der Waals surface area contributed by atoms with Gasteiger partial charge in [-0.1, -0.05) is 19.9 Å². The standard InChI is InChI=1S/C22H32N4O3/c1-15(2)12-22(3,24)14-28-19-7-6-16(10-18(19)13-26(4)5)17-8-9-25-20(11-17)29-21(23)27/h6-11,15H,12-14,24H2,1-5H3,(H2,23,27)/t22-/m0/s1. The molecule has 0 saturated heterocycles. The average molecular weight is 401 g/mol. The highest BCUT2D eigenvalue weighted by molar-refractivity contribution is 5.70. The molecule has 7 heteroatoms. The van der Waals surface area contributed by atoms with Crippen LogP contribution in [0.2, 0.25) is 0 Å². The van der Waals surface area contributed by atoms with Gasteiger partial charge in [-0.05, 0) is 62.7 Å². The fourth-order valence-electron chi connectivity index (χ4n) is 3.35. The number of amides is 1. The van der Waals surface area contributed by atoms with Gasteiger partial charge in [0.2, 0.25) is 5.88 Å². The molecular formula is C22H32N4O3. The van der Waals surface area contributed by atoms with Crippen molar-refractivity contribution in [3.8, 4) is 22.8 Å². The normalized spacial score (nSPS) is 13.4. The quantitative estimate of drug-likeness (QED) is 0.668. The third-order valence-electron chi connectivity index (χ3n) is 4.25. The number of rotatable bonds is 9. The number of aromatic nitrogens is 1. The van der Waals surface area contributed by atoms with E-state index in [1.54, 1.807) is 12.3 Å². The summed E-state index contributed by atoms with van der Waals surface area (Å²) in [5.74, 6) is 1.48. The van der Waals surface area contributed by atoms with Crippen LogP contribution in [0.25, 0.3) is 11.1 Å². The Morgan fingerprint density at radius 1 is 1.21 bits per heavy atom. The van der Waals surface area contributed by atoms with Crippen molar-refractivity contribution in [1.29, 1.82) is 0 Å². The topological polar surface area (TPSA) is 104 Å². The number of primary amides is 1. The maximum absolute atomic E-state index is 11.0. The predicted molar refractivity (Wildman–Crippen MR) is 115 cm³/mol. The Hall–Kier alpha value is -2.64. The zero-order chi connectivity index (χ0) is 21.6. The molecule has 1 aromatic heterocycles. The Kier molecular flexibility index (Phi) is 7.59. The Morgan fingerprint density at radius 3 is 2.52 bits per heavy atom. The molecule has 0 unspecified atom stereocenters. The number of pyridine rings is 1. The van der Waals surface area contributed by atoms with Crippen molar-refractivity contribution in [2.75, 3.05) is 20.7 Å². The molecule has 0 aliphatic rings. The minimum Gasteiger partial charge on any atom is -0.491 e. The summed E-state index contributed by atoms with van der Waals surface area (Å²) >= 11 is 0. The smallest absolute Gasteiger partial charge is 0.411 e. The molecule has 29 heavy (non-hydrogen) atoms. The largest absolute Gasteiger partial charge is 0.491 e. The van der Waals surface area contributed by atoms with E-state index in [2.05, 4.69) is 29.8 Å². The Labute approximate surface area is 173 Å². The van der Waals surface area contributed by atoms with Gasteiger partial charge in [-0.15, -0.1) is 0 Å². The van der Waals surface area contributed by atoms with Crippen LogP contribution < -0.4 is 20.9 Å². The highest BCUT2D eigenvalue weighted by atomic mass is 16.6. The Balaban J connectivity index is 2.28. The number of hydrogen-bond acceptors (Lipinski definition) is 6. The molecule has 2 rings (SSSR count). The van der Waals surface area contributed by atoms with Gasteiger partial charge < -0.3 is 25.8 Å². The van der Waals surface area contributed by atoms with Gasteiger partial charge in [0.15, 0.2) is 0 Å². The van der Waals surface area contributed by atoms with Crippen LogP contribution in [0.4, 0.5) is 4.79 Å². The minimum absolute atomic E-state index is 0.164. The van der Waals surface area contributed by atoms with Gasteiger partial charge in [0.05, 0.1) is 0 Å². The van der Waals surface area contributed by atoms with Gasteiger partial charge in [0.25, 0.3) is 0 Å². The molecular weight excluding hydrogens is 368 g/mol. The molecule has 4 N–H and O–H groups in total. The molecule has 158 valence electrons. The SMILES string of the molecule is CC(C)C[C@](C)(N)COc1ccc(-c2ccnc(OC(N)=O)c2)cc1CN(C)C. The number of nitrogens with two attached hydrogens (primary N) is 2. The van der Waals surface area contributed by atoms with Crippen molar-refractivity contribution in [2.24, 2.45) is 17.4 Å². The summed E-state index contributed by atoms with van der Waals surface area (Å²) < 4.78 is 11.0. The lowest BCUT2D eigenvalue weighted by molar-refractivity contribution is 0.203. The molecule has 0 spiro atoms. The molecule has 0 radical (unpaired) electrons. The lowest BCUT2D eigenvalue weighted by Crippen LogP contribution is -2.43. The lowest BCUT2D eigenvalue weighted by Gasteiger charge is -2.27. The number of benzene rings is 1. The zero-order valence-corrected chi connectivity index (χ0v) is 17.9. The molecule has 0 fully saturated rings. The zero-order valence-electron chi connectivity index (χ0n) is 17.9. The van der Waals surface area contributed by atoms with E-state index in [1.807, 2.05) is 39.2 Å². The van der Waals surface area contributed by atoms with Crippen LogP contribution in [0.1, 0.15) is 32.8 Å². The molecule has 0 bridgehead atoms. The fourth-order valence-corrected chi connectivity index (χ4v) is 3.35. The Morgan fingerprint density at radius 2 is 1.90 bits per heavy atom. The summed E-state index contributed by atoms with van der Waals surface area (Å²) in [5.41, 5.74) is 14.0. The van der Waals surface area contributed by atoms with Gasteiger partial charge in [-0.2, -0.15) is 0 Å². The second-order valence-electron chi connectivity index (χ2n) is 8.40. The van der Waals surface area contributed by atoms with Crippen LogP contribution in [0.15, 0.2) is 36.5 Å². The molecule has 7 nitrogen and oxygen atoms in total.